The largest absolute Gasteiger partial charge is 0.508 e. The zero-order valence-corrected chi connectivity index (χ0v) is 13.7. The number of nitrogens with one attached hydrogen (secondary N) is 1. The summed E-state index contributed by atoms with van der Waals surface area (Å²) >= 11 is 0. The Labute approximate surface area is 143 Å². The van der Waals surface area contributed by atoms with Crippen molar-refractivity contribution in [2.45, 2.75) is 20.8 Å². The summed E-state index contributed by atoms with van der Waals surface area (Å²) in [6, 6.07) is 4.42. The lowest BCUT2D eigenvalue weighted by molar-refractivity contribution is 0.102. The molecular weight excluding hydrogens is 303 g/mol. The van der Waals surface area contributed by atoms with E-state index in [4.69, 9.17) is 15.5 Å². The van der Waals surface area contributed by atoms with Crippen molar-refractivity contribution in [3.8, 4) is 17.2 Å². The molecule has 0 fully saturated rings. The van der Waals surface area contributed by atoms with Gasteiger partial charge in [-0.3, -0.25) is 4.79 Å². The van der Waals surface area contributed by atoms with Gasteiger partial charge in [-0.2, -0.15) is 0 Å². The van der Waals surface area contributed by atoms with Crippen LogP contribution < -0.4 is 10.8 Å². The molecule has 0 saturated heterocycles. The molecule has 2 aromatic carbocycles. The number of hydrogen-bond donors (Lipinski definition) is 4. The third kappa shape index (κ3) is 3.09. The highest BCUT2D eigenvalue weighted by molar-refractivity contribution is 7.35. The molecule has 2 rings (SSSR count). The molecule has 4 N–H and O–H groups in total. The first-order valence-corrected chi connectivity index (χ1v) is 7.32. The van der Waals surface area contributed by atoms with Crippen LogP contribution in [0.4, 0.5) is 5.69 Å². The van der Waals surface area contributed by atoms with Crippen LogP contribution in [0, 0.1) is 20.8 Å². The standard InChI is InChI=1S/C16H16B3NO4/c1-7-6-10(8(2)15(23)14(7)22)16(24)20-11-4-5-12(21)9(3)13(11)19(17)18/h4-6,21-23H,1-3H3,(H,20,24). The third-order valence-corrected chi connectivity index (χ3v) is 4.03. The Morgan fingerprint density at radius 3 is 2.25 bits per heavy atom. The summed E-state index contributed by atoms with van der Waals surface area (Å²) in [6.07, 6.45) is 0. The topological polar surface area (TPSA) is 89.8 Å². The first-order chi connectivity index (χ1) is 11.1. The van der Waals surface area contributed by atoms with Gasteiger partial charge < -0.3 is 20.6 Å². The molecule has 118 valence electrons. The fraction of sp³-hybridized carbons (Fsp3) is 0.188. The maximum Gasteiger partial charge on any atom is 0.256 e. The molecule has 8 heteroatoms. The van der Waals surface area contributed by atoms with Gasteiger partial charge in [-0.1, -0.05) is 5.46 Å². The van der Waals surface area contributed by atoms with Crippen LogP contribution in [-0.4, -0.2) is 43.2 Å². The Bertz CT molecular complexity index is 822. The molecule has 0 aliphatic carbocycles. The number of phenols is 3. The minimum atomic E-state index is -0.886. The van der Waals surface area contributed by atoms with Gasteiger partial charge in [0.05, 0.1) is 6.49 Å². The van der Waals surface area contributed by atoms with Gasteiger partial charge in [-0.05, 0) is 50.1 Å². The van der Waals surface area contributed by atoms with Crippen molar-refractivity contribution in [1.82, 2.24) is 0 Å². The summed E-state index contributed by atoms with van der Waals surface area (Å²) < 4.78 is 0. The monoisotopic (exact) mass is 319 g/mol. The van der Waals surface area contributed by atoms with Gasteiger partial charge in [0, 0.05) is 32.3 Å². The van der Waals surface area contributed by atoms with Gasteiger partial charge in [0.25, 0.3) is 5.91 Å². The van der Waals surface area contributed by atoms with Crippen LogP contribution in [0.15, 0.2) is 18.2 Å². The van der Waals surface area contributed by atoms with Crippen LogP contribution >= 0.6 is 0 Å². The molecule has 2 aromatic rings. The molecule has 0 aliphatic rings. The van der Waals surface area contributed by atoms with Crippen molar-refractivity contribution < 1.29 is 20.1 Å². The predicted octanol–water partition coefficient (Wildman–Crippen LogP) is 1.01. The zero-order chi connectivity index (χ0) is 18.2. The third-order valence-electron chi connectivity index (χ3n) is 4.03. The van der Waals surface area contributed by atoms with Crippen LogP contribution in [0.2, 0.25) is 0 Å². The van der Waals surface area contributed by atoms with E-state index in [1.807, 2.05) is 0 Å². The predicted molar refractivity (Wildman–Crippen MR) is 96.9 cm³/mol. The molecule has 0 atom stereocenters. The van der Waals surface area contributed by atoms with Gasteiger partial charge in [0.15, 0.2) is 11.5 Å². The van der Waals surface area contributed by atoms with Crippen molar-refractivity contribution >= 4 is 39.0 Å². The Morgan fingerprint density at radius 1 is 1.04 bits per heavy atom. The molecule has 5 nitrogen and oxygen atoms in total. The van der Waals surface area contributed by atoms with Gasteiger partial charge in [-0.25, -0.2) is 0 Å². The molecular formula is C16H16B3NO4. The van der Waals surface area contributed by atoms with Gasteiger partial charge in [0.2, 0.25) is 0 Å². The zero-order valence-electron chi connectivity index (χ0n) is 13.7. The quantitative estimate of drug-likeness (QED) is 0.386. The lowest BCUT2D eigenvalue weighted by Gasteiger charge is -2.18. The van der Waals surface area contributed by atoms with Crippen molar-refractivity contribution in [2.75, 3.05) is 5.32 Å². The van der Waals surface area contributed by atoms with E-state index in [-0.39, 0.29) is 28.4 Å². The number of benzene rings is 2. The van der Waals surface area contributed by atoms with E-state index in [9.17, 15) is 20.1 Å². The Hall–Kier alpha value is -2.50. The highest BCUT2D eigenvalue weighted by atomic mass is 16.3. The molecule has 0 heterocycles. The van der Waals surface area contributed by atoms with Crippen LogP contribution in [-0.2, 0) is 0 Å². The van der Waals surface area contributed by atoms with Crippen molar-refractivity contribution in [2.24, 2.45) is 0 Å². The summed E-state index contributed by atoms with van der Waals surface area (Å²) in [4.78, 5) is 12.6. The lowest BCUT2D eigenvalue weighted by Crippen LogP contribution is -2.37. The Kier molecular flexibility index (Phi) is 4.87. The normalized spacial score (nSPS) is 10.5. The van der Waals surface area contributed by atoms with Crippen LogP contribution in [0.1, 0.15) is 27.0 Å². The van der Waals surface area contributed by atoms with Crippen LogP contribution in [0.3, 0.4) is 0 Å². The minimum Gasteiger partial charge on any atom is -0.508 e. The molecule has 0 aliphatic heterocycles. The Morgan fingerprint density at radius 2 is 1.67 bits per heavy atom. The molecule has 4 radical (unpaired) electrons. The average Bonchev–Trinajstić information content (AvgIpc) is 2.52. The second kappa shape index (κ2) is 6.55. The molecule has 0 unspecified atom stereocenters. The number of carbonyl (C=O) groups is 1. The highest BCUT2D eigenvalue weighted by Crippen LogP contribution is 2.34. The van der Waals surface area contributed by atoms with Gasteiger partial charge >= 0.3 is 0 Å². The maximum atomic E-state index is 12.6. The van der Waals surface area contributed by atoms with Crippen molar-refractivity contribution in [3.63, 3.8) is 0 Å². The van der Waals surface area contributed by atoms with E-state index in [1.54, 1.807) is 13.8 Å². The average molecular weight is 319 g/mol. The molecule has 24 heavy (non-hydrogen) atoms. The number of aromatic hydroxyl groups is 3. The summed E-state index contributed by atoms with van der Waals surface area (Å²) in [6.45, 7) is 3.87. The fourth-order valence-corrected chi connectivity index (χ4v) is 2.57. The van der Waals surface area contributed by atoms with Crippen molar-refractivity contribution in [1.29, 1.82) is 0 Å². The van der Waals surface area contributed by atoms with E-state index in [0.29, 0.717) is 22.3 Å². The van der Waals surface area contributed by atoms with Crippen LogP contribution in [0.25, 0.3) is 0 Å². The maximum absolute atomic E-state index is 12.6. The van der Waals surface area contributed by atoms with E-state index in [0.717, 1.165) is 0 Å². The van der Waals surface area contributed by atoms with E-state index in [1.165, 1.54) is 25.1 Å². The van der Waals surface area contributed by atoms with E-state index in [2.05, 4.69) is 5.32 Å². The number of carbonyl (C=O) groups excluding carboxylic acids is 1. The van der Waals surface area contributed by atoms with Gasteiger partial charge in [-0.15, -0.1) is 0 Å². The molecule has 0 spiro atoms. The summed E-state index contributed by atoms with van der Waals surface area (Å²) in [5, 5.41) is 32.1. The number of anilines is 1. The second-order valence-electron chi connectivity index (χ2n) is 5.71. The van der Waals surface area contributed by atoms with E-state index < -0.39 is 12.4 Å². The second-order valence-corrected chi connectivity index (χ2v) is 5.71. The fourth-order valence-electron chi connectivity index (χ4n) is 2.57. The number of phenolic OH excluding ortho intramolecular Hbond substituents is 3. The highest BCUT2D eigenvalue weighted by Gasteiger charge is 2.20. The molecule has 0 aromatic heterocycles. The summed E-state index contributed by atoms with van der Waals surface area (Å²) in [5.74, 6) is -1.05. The van der Waals surface area contributed by atoms with Gasteiger partial charge in [0.1, 0.15) is 5.75 Å². The van der Waals surface area contributed by atoms with Crippen LogP contribution in [0.5, 0.6) is 17.2 Å². The number of rotatable bonds is 3. The number of hydrogen-bond acceptors (Lipinski definition) is 4. The number of amides is 1. The smallest absolute Gasteiger partial charge is 0.256 e. The number of aryl methyl sites for hydroxylation is 1. The first-order valence-electron chi connectivity index (χ1n) is 7.32. The SMILES string of the molecule is [B]B([B])c1c(NC(=O)c2cc(C)c(O)c(O)c2C)ccc(O)c1C. The summed E-state index contributed by atoms with van der Waals surface area (Å²) in [5.41, 5.74) is 2.11. The Balaban J connectivity index is 2.47. The molecule has 0 bridgehead atoms. The van der Waals surface area contributed by atoms with Crippen molar-refractivity contribution in [3.05, 3.63) is 40.5 Å². The summed E-state index contributed by atoms with van der Waals surface area (Å²) in [7, 11) is 11.5. The minimum absolute atomic E-state index is 0.0261. The molecule has 0 saturated carbocycles. The lowest BCUT2D eigenvalue weighted by atomic mass is 9.16. The molecule has 1 amide bonds. The first kappa shape index (κ1) is 17.9. The van der Waals surface area contributed by atoms with E-state index >= 15 is 0 Å².